The van der Waals surface area contributed by atoms with Crippen molar-refractivity contribution in [3.63, 3.8) is 0 Å². The molecule has 15 heavy (non-hydrogen) atoms. The Balaban J connectivity index is 2.25. The zero-order valence-electron chi connectivity index (χ0n) is 7.72. The molecule has 2 N–H and O–H groups in total. The zero-order chi connectivity index (χ0) is 10.7. The summed E-state index contributed by atoms with van der Waals surface area (Å²) in [5.74, 6) is 0.899. The van der Waals surface area contributed by atoms with Crippen LogP contribution < -0.4 is 10.5 Å². The number of rotatable bonds is 2. The van der Waals surface area contributed by atoms with Crippen molar-refractivity contribution in [2.75, 3.05) is 5.73 Å². The molecule has 0 aliphatic carbocycles. The summed E-state index contributed by atoms with van der Waals surface area (Å²) in [5, 5.41) is 0.374. The molecule has 2 rings (SSSR count). The van der Waals surface area contributed by atoms with Gasteiger partial charge in [0.1, 0.15) is 10.8 Å². The molecular formula is C10H8ClN3O. The SMILES string of the molecule is Nc1cnc(Oc2cccnc2)c(Cl)c1. The number of aromatic nitrogens is 2. The van der Waals surface area contributed by atoms with Gasteiger partial charge in [-0.1, -0.05) is 11.6 Å². The van der Waals surface area contributed by atoms with Gasteiger partial charge in [-0.05, 0) is 18.2 Å². The van der Waals surface area contributed by atoms with Gasteiger partial charge in [0.15, 0.2) is 0 Å². The molecule has 0 amide bonds. The Morgan fingerprint density at radius 2 is 2.20 bits per heavy atom. The molecule has 2 aromatic heterocycles. The molecule has 0 aliphatic heterocycles. The van der Waals surface area contributed by atoms with Crippen LogP contribution >= 0.6 is 11.6 Å². The van der Waals surface area contributed by atoms with Gasteiger partial charge >= 0.3 is 0 Å². The van der Waals surface area contributed by atoms with E-state index in [4.69, 9.17) is 22.1 Å². The quantitative estimate of drug-likeness (QED) is 0.847. The summed E-state index contributed by atoms with van der Waals surface area (Å²) in [7, 11) is 0. The van der Waals surface area contributed by atoms with E-state index in [1.165, 1.54) is 6.20 Å². The van der Waals surface area contributed by atoms with E-state index in [0.717, 1.165) is 0 Å². The van der Waals surface area contributed by atoms with Crippen molar-refractivity contribution in [3.05, 3.63) is 41.8 Å². The Bertz CT molecular complexity index is 461. The highest BCUT2D eigenvalue weighted by Gasteiger charge is 2.04. The van der Waals surface area contributed by atoms with Gasteiger partial charge in [0.2, 0.25) is 5.88 Å². The maximum Gasteiger partial charge on any atom is 0.238 e. The topological polar surface area (TPSA) is 61.0 Å². The number of pyridine rings is 2. The number of hydrogen-bond acceptors (Lipinski definition) is 4. The summed E-state index contributed by atoms with van der Waals surface area (Å²) < 4.78 is 5.40. The van der Waals surface area contributed by atoms with Crippen molar-refractivity contribution in [1.82, 2.24) is 9.97 Å². The van der Waals surface area contributed by atoms with Crippen molar-refractivity contribution in [2.45, 2.75) is 0 Å². The second kappa shape index (κ2) is 4.14. The van der Waals surface area contributed by atoms with Crippen LogP contribution in [-0.2, 0) is 0 Å². The number of halogens is 1. The standard InChI is InChI=1S/C10H8ClN3O/c11-9-4-7(12)5-14-10(9)15-8-2-1-3-13-6-8/h1-6H,12H2. The van der Waals surface area contributed by atoms with Crippen molar-refractivity contribution < 1.29 is 4.74 Å². The molecule has 4 nitrogen and oxygen atoms in total. The highest BCUT2D eigenvalue weighted by atomic mass is 35.5. The molecule has 5 heteroatoms. The fourth-order valence-corrected chi connectivity index (χ4v) is 1.25. The molecule has 0 aliphatic rings. The van der Waals surface area contributed by atoms with Gasteiger partial charge in [-0.25, -0.2) is 4.98 Å². The molecule has 2 aromatic rings. The third kappa shape index (κ3) is 2.35. The third-order valence-corrected chi connectivity index (χ3v) is 1.95. The van der Waals surface area contributed by atoms with E-state index in [0.29, 0.717) is 22.3 Å². The molecule has 2 heterocycles. The second-order valence-corrected chi connectivity index (χ2v) is 3.25. The minimum atomic E-state index is 0.318. The first kappa shape index (κ1) is 9.73. The average molecular weight is 222 g/mol. The lowest BCUT2D eigenvalue weighted by Gasteiger charge is -2.05. The van der Waals surface area contributed by atoms with Gasteiger partial charge in [-0.3, -0.25) is 4.98 Å². The second-order valence-electron chi connectivity index (χ2n) is 2.85. The van der Waals surface area contributed by atoms with E-state index >= 15 is 0 Å². The van der Waals surface area contributed by atoms with Crippen molar-refractivity contribution in [2.24, 2.45) is 0 Å². The highest BCUT2D eigenvalue weighted by Crippen LogP contribution is 2.27. The summed E-state index contributed by atoms with van der Waals surface area (Å²) in [6, 6.07) is 5.11. The smallest absolute Gasteiger partial charge is 0.238 e. The summed E-state index contributed by atoms with van der Waals surface area (Å²) >= 11 is 5.89. The summed E-state index contributed by atoms with van der Waals surface area (Å²) in [4.78, 5) is 7.87. The van der Waals surface area contributed by atoms with E-state index < -0.39 is 0 Å². The number of anilines is 1. The summed E-state index contributed by atoms with van der Waals surface area (Å²) in [6.07, 6.45) is 4.72. The normalized spacial score (nSPS) is 9.93. The lowest BCUT2D eigenvalue weighted by molar-refractivity contribution is 0.461. The van der Waals surface area contributed by atoms with Crippen LogP contribution in [0.15, 0.2) is 36.8 Å². The van der Waals surface area contributed by atoms with Gasteiger partial charge < -0.3 is 10.5 Å². The van der Waals surface area contributed by atoms with Crippen LogP contribution in [0.5, 0.6) is 11.6 Å². The fourth-order valence-electron chi connectivity index (χ4n) is 1.03. The van der Waals surface area contributed by atoms with Crippen LogP contribution in [0.3, 0.4) is 0 Å². The molecule has 0 aromatic carbocycles. The number of hydrogen-bond donors (Lipinski definition) is 1. The Morgan fingerprint density at radius 1 is 1.33 bits per heavy atom. The predicted molar refractivity (Wildman–Crippen MR) is 58.0 cm³/mol. The van der Waals surface area contributed by atoms with Crippen LogP contribution in [0.2, 0.25) is 5.02 Å². The first-order valence-corrected chi connectivity index (χ1v) is 4.62. The van der Waals surface area contributed by atoms with E-state index in [-0.39, 0.29) is 0 Å². The Hall–Kier alpha value is -1.81. The highest BCUT2D eigenvalue weighted by molar-refractivity contribution is 6.32. The van der Waals surface area contributed by atoms with E-state index in [1.807, 2.05) is 0 Å². The lowest BCUT2D eigenvalue weighted by Crippen LogP contribution is -1.92. The predicted octanol–water partition coefficient (Wildman–Crippen LogP) is 2.50. The largest absolute Gasteiger partial charge is 0.436 e. The third-order valence-electron chi connectivity index (χ3n) is 1.68. The molecule has 0 saturated carbocycles. The van der Waals surface area contributed by atoms with Crippen LogP contribution in [0.25, 0.3) is 0 Å². The lowest BCUT2D eigenvalue weighted by atomic mass is 10.4. The van der Waals surface area contributed by atoms with Gasteiger partial charge in [0, 0.05) is 6.20 Å². The molecule has 0 unspecified atom stereocenters. The molecule has 0 radical (unpaired) electrons. The van der Waals surface area contributed by atoms with Gasteiger partial charge in [0.25, 0.3) is 0 Å². The molecule has 0 saturated heterocycles. The van der Waals surface area contributed by atoms with E-state index in [1.54, 1.807) is 30.6 Å². The van der Waals surface area contributed by atoms with Crippen LogP contribution in [0, 0.1) is 0 Å². The fraction of sp³-hybridized carbons (Fsp3) is 0. The molecule has 0 spiro atoms. The van der Waals surface area contributed by atoms with Crippen molar-refractivity contribution >= 4 is 17.3 Å². The maximum absolute atomic E-state index is 5.89. The van der Waals surface area contributed by atoms with E-state index in [2.05, 4.69) is 9.97 Å². The minimum absolute atomic E-state index is 0.318. The van der Waals surface area contributed by atoms with Gasteiger partial charge in [-0.15, -0.1) is 0 Å². The van der Waals surface area contributed by atoms with Crippen molar-refractivity contribution in [1.29, 1.82) is 0 Å². The molecule has 0 fully saturated rings. The van der Waals surface area contributed by atoms with Crippen LogP contribution in [0.1, 0.15) is 0 Å². The first-order chi connectivity index (χ1) is 7.25. The number of ether oxygens (including phenoxy) is 1. The zero-order valence-corrected chi connectivity index (χ0v) is 8.48. The minimum Gasteiger partial charge on any atom is -0.436 e. The number of nitrogens with two attached hydrogens (primary N) is 1. The molecule has 0 bridgehead atoms. The summed E-state index contributed by atoms with van der Waals surface area (Å²) in [5.41, 5.74) is 6.00. The Kier molecular flexibility index (Phi) is 2.69. The van der Waals surface area contributed by atoms with Crippen molar-refractivity contribution in [3.8, 4) is 11.6 Å². The summed E-state index contributed by atoms with van der Waals surface area (Å²) in [6.45, 7) is 0. The van der Waals surface area contributed by atoms with Gasteiger partial charge in [0.05, 0.1) is 18.1 Å². The molecule has 76 valence electrons. The number of nitrogen functional groups attached to an aromatic ring is 1. The Labute approximate surface area is 91.7 Å². The van der Waals surface area contributed by atoms with Crippen LogP contribution in [-0.4, -0.2) is 9.97 Å². The number of nitrogens with zero attached hydrogens (tertiary/aromatic N) is 2. The molecule has 0 atom stereocenters. The van der Waals surface area contributed by atoms with Crippen LogP contribution in [0.4, 0.5) is 5.69 Å². The maximum atomic E-state index is 5.89. The van der Waals surface area contributed by atoms with E-state index in [9.17, 15) is 0 Å². The average Bonchev–Trinajstić information content (AvgIpc) is 2.24. The first-order valence-electron chi connectivity index (χ1n) is 4.24. The molecular weight excluding hydrogens is 214 g/mol. The van der Waals surface area contributed by atoms with Gasteiger partial charge in [-0.2, -0.15) is 0 Å². The Morgan fingerprint density at radius 3 is 2.87 bits per heavy atom. The monoisotopic (exact) mass is 221 g/mol.